The van der Waals surface area contributed by atoms with Crippen LogP contribution in [-0.4, -0.2) is 5.91 Å². The molecule has 0 aliphatic rings. The Hall–Kier alpha value is -2.16. The first kappa shape index (κ1) is 14.3. The van der Waals surface area contributed by atoms with Crippen LogP contribution in [0, 0.1) is 5.82 Å². The van der Waals surface area contributed by atoms with Crippen LogP contribution in [0.5, 0.6) is 0 Å². The standard InChI is InChI=1S/C17H18FNO/c1-3-13-8-10-14(11-9-13)17(20)19-12(2)15-6-4-5-7-16(15)18/h4-12H,3H2,1-2H3,(H,19,20). The maximum atomic E-state index is 13.6. The van der Waals surface area contributed by atoms with Crippen molar-refractivity contribution in [2.45, 2.75) is 26.3 Å². The number of amides is 1. The monoisotopic (exact) mass is 271 g/mol. The van der Waals surface area contributed by atoms with E-state index in [0.717, 1.165) is 6.42 Å². The smallest absolute Gasteiger partial charge is 0.251 e. The summed E-state index contributed by atoms with van der Waals surface area (Å²) in [6.07, 6.45) is 0.938. The van der Waals surface area contributed by atoms with Crippen molar-refractivity contribution in [2.24, 2.45) is 0 Å². The molecule has 0 saturated heterocycles. The molecule has 3 heteroatoms. The van der Waals surface area contributed by atoms with E-state index in [1.165, 1.54) is 11.6 Å². The molecule has 1 N–H and O–H groups in total. The minimum atomic E-state index is -0.366. The van der Waals surface area contributed by atoms with E-state index >= 15 is 0 Å². The number of hydrogen-bond acceptors (Lipinski definition) is 1. The van der Waals surface area contributed by atoms with Crippen LogP contribution in [0.25, 0.3) is 0 Å². The van der Waals surface area contributed by atoms with Crippen LogP contribution in [0.2, 0.25) is 0 Å². The number of benzene rings is 2. The van der Waals surface area contributed by atoms with Crippen LogP contribution >= 0.6 is 0 Å². The van der Waals surface area contributed by atoms with E-state index in [0.29, 0.717) is 11.1 Å². The summed E-state index contributed by atoms with van der Waals surface area (Å²) in [5.74, 6) is -0.495. The zero-order chi connectivity index (χ0) is 14.5. The Morgan fingerprint density at radius 3 is 2.40 bits per heavy atom. The molecule has 1 unspecified atom stereocenters. The van der Waals surface area contributed by atoms with Gasteiger partial charge in [-0.05, 0) is 37.1 Å². The van der Waals surface area contributed by atoms with Crippen molar-refractivity contribution >= 4 is 5.91 Å². The highest BCUT2D eigenvalue weighted by Gasteiger charge is 2.14. The predicted molar refractivity (Wildman–Crippen MR) is 78.1 cm³/mol. The summed E-state index contributed by atoms with van der Waals surface area (Å²) in [7, 11) is 0. The van der Waals surface area contributed by atoms with Crippen molar-refractivity contribution in [3.8, 4) is 0 Å². The molecule has 2 aromatic rings. The fourth-order valence-electron chi connectivity index (χ4n) is 2.08. The van der Waals surface area contributed by atoms with Gasteiger partial charge >= 0.3 is 0 Å². The Kier molecular flexibility index (Phi) is 4.51. The third kappa shape index (κ3) is 3.23. The van der Waals surface area contributed by atoms with Crippen molar-refractivity contribution in [2.75, 3.05) is 0 Å². The molecule has 2 nitrogen and oxygen atoms in total. The maximum absolute atomic E-state index is 13.6. The molecular weight excluding hydrogens is 253 g/mol. The van der Waals surface area contributed by atoms with Gasteiger partial charge in [-0.2, -0.15) is 0 Å². The Labute approximate surface area is 118 Å². The predicted octanol–water partition coefficient (Wildman–Crippen LogP) is 3.88. The second kappa shape index (κ2) is 6.33. The molecule has 1 atom stereocenters. The average molecular weight is 271 g/mol. The lowest BCUT2D eigenvalue weighted by Gasteiger charge is -2.15. The zero-order valence-electron chi connectivity index (χ0n) is 11.7. The van der Waals surface area contributed by atoms with E-state index in [1.54, 1.807) is 37.3 Å². The first-order valence-corrected chi connectivity index (χ1v) is 6.76. The number of carbonyl (C=O) groups is 1. The maximum Gasteiger partial charge on any atom is 0.251 e. The van der Waals surface area contributed by atoms with Gasteiger partial charge in [-0.3, -0.25) is 4.79 Å². The number of carbonyl (C=O) groups excluding carboxylic acids is 1. The van der Waals surface area contributed by atoms with Gasteiger partial charge in [-0.25, -0.2) is 4.39 Å². The van der Waals surface area contributed by atoms with Gasteiger partial charge in [0.15, 0.2) is 0 Å². The van der Waals surface area contributed by atoms with Crippen molar-refractivity contribution in [3.63, 3.8) is 0 Å². The normalized spacial score (nSPS) is 11.9. The number of nitrogens with one attached hydrogen (secondary N) is 1. The van der Waals surface area contributed by atoms with E-state index in [9.17, 15) is 9.18 Å². The number of rotatable bonds is 4. The lowest BCUT2D eigenvalue weighted by molar-refractivity contribution is 0.0939. The minimum Gasteiger partial charge on any atom is -0.345 e. The molecule has 0 aromatic heterocycles. The molecule has 0 heterocycles. The highest BCUT2D eigenvalue weighted by atomic mass is 19.1. The fraction of sp³-hybridized carbons (Fsp3) is 0.235. The SMILES string of the molecule is CCc1ccc(C(=O)NC(C)c2ccccc2F)cc1. The molecule has 0 aliphatic carbocycles. The molecule has 2 rings (SSSR count). The van der Waals surface area contributed by atoms with E-state index in [1.807, 2.05) is 12.1 Å². The molecule has 104 valence electrons. The van der Waals surface area contributed by atoms with Crippen LogP contribution < -0.4 is 5.32 Å². The summed E-state index contributed by atoms with van der Waals surface area (Å²) >= 11 is 0. The van der Waals surface area contributed by atoms with Crippen LogP contribution in [0.1, 0.15) is 41.4 Å². The van der Waals surface area contributed by atoms with Gasteiger partial charge < -0.3 is 5.32 Å². The fourth-order valence-corrected chi connectivity index (χ4v) is 2.08. The van der Waals surface area contributed by atoms with Gasteiger partial charge in [-0.15, -0.1) is 0 Å². The third-order valence-corrected chi connectivity index (χ3v) is 3.34. The van der Waals surface area contributed by atoms with Crippen molar-refractivity contribution in [1.29, 1.82) is 0 Å². The average Bonchev–Trinajstić information content (AvgIpc) is 2.47. The van der Waals surface area contributed by atoms with Crippen LogP contribution in [0.3, 0.4) is 0 Å². The van der Waals surface area contributed by atoms with Gasteiger partial charge in [0.25, 0.3) is 5.91 Å². The van der Waals surface area contributed by atoms with Crippen molar-refractivity contribution in [3.05, 3.63) is 71.0 Å². The Morgan fingerprint density at radius 2 is 1.80 bits per heavy atom. The summed E-state index contributed by atoms with van der Waals surface area (Å²) in [6.45, 7) is 3.84. The Balaban J connectivity index is 2.09. The summed E-state index contributed by atoms with van der Waals surface area (Å²) in [5, 5.41) is 2.81. The summed E-state index contributed by atoms with van der Waals surface area (Å²) < 4.78 is 13.6. The van der Waals surface area contributed by atoms with Crippen LogP contribution in [0.4, 0.5) is 4.39 Å². The Bertz CT molecular complexity index is 592. The quantitative estimate of drug-likeness (QED) is 0.898. The van der Waals surface area contributed by atoms with E-state index in [-0.39, 0.29) is 17.8 Å². The molecule has 0 bridgehead atoms. The topological polar surface area (TPSA) is 29.1 Å². The number of aryl methyl sites for hydroxylation is 1. The summed E-state index contributed by atoms with van der Waals surface area (Å²) in [5.41, 5.74) is 2.26. The largest absolute Gasteiger partial charge is 0.345 e. The first-order chi connectivity index (χ1) is 9.61. The molecule has 0 aliphatic heterocycles. The van der Waals surface area contributed by atoms with Gasteiger partial charge in [0.1, 0.15) is 5.82 Å². The zero-order valence-corrected chi connectivity index (χ0v) is 11.7. The van der Waals surface area contributed by atoms with Crippen molar-refractivity contribution in [1.82, 2.24) is 5.32 Å². The number of halogens is 1. The van der Waals surface area contributed by atoms with Gasteiger partial charge in [0, 0.05) is 11.1 Å². The molecule has 0 saturated carbocycles. The third-order valence-electron chi connectivity index (χ3n) is 3.34. The number of hydrogen-bond donors (Lipinski definition) is 1. The summed E-state index contributed by atoms with van der Waals surface area (Å²) in [4.78, 5) is 12.1. The lowest BCUT2D eigenvalue weighted by Crippen LogP contribution is -2.27. The lowest BCUT2D eigenvalue weighted by atomic mass is 10.1. The summed E-state index contributed by atoms with van der Waals surface area (Å²) in [6, 6.07) is 13.6. The first-order valence-electron chi connectivity index (χ1n) is 6.76. The Morgan fingerprint density at radius 1 is 1.15 bits per heavy atom. The second-order valence-corrected chi connectivity index (χ2v) is 4.77. The molecule has 0 fully saturated rings. The van der Waals surface area contributed by atoms with Crippen LogP contribution in [-0.2, 0) is 6.42 Å². The second-order valence-electron chi connectivity index (χ2n) is 4.77. The van der Waals surface area contributed by atoms with E-state index in [4.69, 9.17) is 0 Å². The highest BCUT2D eigenvalue weighted by Crippen LogP contribution is 2.16. The molecule has 1 amide bonds. The van der Waals surface area contributed by atoms with Crippen LogP contribution in [0.15, 0.2) is 48.5 Å². The molecule has 2 aromatic carbocycles. The minimum absolute atomic E-state index is 0.191. The molecule has 20 heavy (non-hydrogen) atoms. The van der Waals surface area contributed by atoms with E-state index in [2.05, 4.69) is 12.2 Å². The van der Waals surface area contributed by atoms with Gasteiger partial charge in [0.05, 0.1) is 6.04 Å². The molecule has 0 spiro atoms. The van der Waals surface area contributed by atoms with E-state index < -0.39 is 0 Å². The molecular formula is C17H18FNO. The molecule has 0 radical (unpaired) electrons. The van der Waals surface area contributed by atoms with Gasteiger partial charge in [-0.1, -0.05) is 37.3 Å². The highest BCUT2D eigenvalue weighted by molar-refractivity contribution is 5.94. The van der Waals surface area contributed by atoms with Crippen molar-refractivity contribution < 1.29 is 9.18 Å². The van der Waals surface area contributed by atoms with Gasteiger partial charge in [0.2, 0.25) is 0 Å².